The van der Waals surface area contributed by atoms with Crippen molar-refractivity contribution >= 4 is 17.7 Å². The zero-order chi connectivity index (χ0) is 15.6. The number of carboxylic acids is 1. The lowest BCUT2D eigenvalue weighted by molar-refractivity contribution is -0.240. The number of carbonyl (C=O) groups excluding carboxylic acids is 2. The molecule has 1 amide bonds. The van der Waals surface area contributed by atoms with Crippen LogP contribution in [-0.2, 0) is 19.1 Å². The molecule has 2 aliphatic heterocycles. The van der Waals surface area contributed by atoms with E-state index >= 15 is 0 Å². The highest BCUT2D eigenvalue weighted by atomic mass is 16.6. The number of carbonyl (C=O) groups is 3. The quantitative estimate of drug-likeness (QED) is 0.719. The van der Waals surface area contributed by atoms with Crippen molar-refractivity contribution in [2.45, 2.75) is 50.9 Å². The molecule has 0 spiro atoms. The molecule has 2 heterocycles. The van der Waals surface area contributed by atoms with Crippen LogP contribution in [-0.4, -0.2) is 57.8 Å². The van der Waals surface area contributed by atoms with Crippen molar-refractivity contribution in [2.75, 3.05) is 13.2 Å². The maximum absolute atomic E-state index is 12.3. The fraction of sp³-hybridized carbons (Fsp3) is 0.786. The Morgan fingerprint density at radius 2 is 1.90 bits per heavy atom. The van der Waals surface area contributed by atoms with Crippen LogP contribution in [0.25, 0.3) is 0 Å². The van der Waals surface area contributed by atoms with Crippen LogP contribution in [0.15, 0.2) is 0 Å². The molecule has 2 N–H and O–H groups in total. The van der Waals surface area contributed by atoms with Gasteiger partial charge in [0, 0.05) is 12.5 Å². The van der Waals surface area contributed by atoms with E-state index in [2.05, 4.69) is 0 Å². The van der Waals surface area contributed by atoms with E-state index in [0.717, 1.165) is 4.90 Å². The van der Waals surface area contributed by atoms with Crippen LogP contribution >= 0.6 is 0 Å². The molecule has 2 fully saturated rings. The molecule has 0 radical (unpaired) electrons. The Kier molecular flexibility index (Phi) is 4.63. The molecule has 0 aromatic rings. The van der Waals surface area contributed by atoms with Crippen LogP contribution in [0, 0.1) is 5.92 Å². The van der Waals surface area contributed by atoms with Crippen LogP contribution in [0.2, 0.25) is 0 Å². The van der Waals surface area contributed by atoms with Gasteiger partial charge in [-0.1, -0.05) is 6.92 Å². The summed E-state index contributed by atoms with van der Waals surface area (Å²) < 4.78 is 5.16. The molecular formula is C14H21NO6. The zero-order valence-corrected chi connectivity index (χ0v) is 12.1. The number of hydrogen-bond donors (Lipinski definition) is 2. The number of aliphatic carboxylic acids is 1. The summed E-state index contributed by atoms with van der Waals surface area (Å²) >= 11 is 0. The predicted molar refractivity (Wildman–Crippen MR) is 71.3 cm³/mol. The Morgan fingerprint density at radius 3 is 2.52 bits per heavy atom. The molecule has 2 rings (SSSR count). The molecule has 21 heavy (non-hydrogen) atoms. The monoisotopic (exact) mass is 299 g/mol. The van der Waals surface area contributed by atoms with E-state index in [1.165, 1.54) is 0 Å². The maximum Gasteiger partial charge on any atom is 0.326 e. The lowest BCUT2D eigenvalue weighted by atomic mass is 9.88. The minimum Gasteiger partial charge on any atom is -0.480 e. The number of piperidine rings is 1. The number of Topliss-reactive ketones (excluding diaryl/α,β-unsaturated/α-hetero) is 1. The van der Waals surface area contributed by atoms with E-state index in [4.69, 9.17) is 9.84 Å². The number of nitrogens with zero attached hydrogens (tertiary/aromatic N) is 1. The molecule has 3 atom stereocenters. The smallest absolute Gasteiger partial charge is 0.326 e. The molecular weight excluding hydrogens is 278 g/mol. The van der Waals surface area contributed by atoms with E-state index in [1.807, 2.05) is 0 Å². The van der Waals surface area contributed by atoms with Crippen LogP contribution < -0.4 is 0 Å². The van der Waals surface area contributed by atoms with Crippen LogP contribution in [0.1, 0.15) is 39.0 Å². The summed E-state index contributed by atoms with van der Waals surface area (Å²) in [6, 6.07) is -1.00. The topological polar surface area (TPSA) is 104 Å². The number of carboxylic acid groups (broad SMARTS) is 1. The average molecular weight is 299 g/mol. The number of amides is 1. The third-order valence-electron chi connectivity index (χ3n) is 4.34. The van der Waals surface area contributed by atoms with E-state index in [9.17, 15) is 19.5 Å². The number of ketones is 1. The number of rotatable bonds is 3. The van der Waals surface area contributed by atoms with Crippen LogP contribution in [0.4, 0.5) is 0 Å². The van der Waals surface area contributed by atoms with Crippen molar-refractivity contribution < 1.29 is 29.3 Å². The van der Waals surface area contributed by atoms with E-state index < -0.39 is 35.4 Å². The number of aliphatic hydroxyl groups is 1. The largest absolute Gasteiger partial charge is 0.480 e. The summed E-state index contributed by atoms with van der Waals surface area (Å²) in [6.07, 6.45) is 2.97. The SMILES string of the molecule is CC1CCCO[C@@]1(O)C(=O)C(=O)N1CCCC[C@H]1C(=O)O. The fourth-order valence-electron chi connectivity index (χ4n) is 2.96. The first-order chi connectivity index (χ1) is 9.88. The number of likely N-dealkylation sites (tertiary alicyclic amines) is 1. The summed E-state index contributed by atoms with van der Waals surface area (Å²) in [7, 11) is 0. The first-order valence-electron chi connectivity index (χ1n) is 7.32. The van der Waals surface area contributed by atoms with Crippen molar-refractivity contribution in [3.8, 4) is 0 Å². The highest BCUT2D eigenvalue weighted by molar-refractivity contribution is 6.39. The maximum atomic E-state index is 12.3. The molecule has 118 valence electrons. The van der Waals surface area contributed by atoms with Gasteiger partial charge in [-0.2, -0.15) is 0 Å². The molecule has 2 aliphatic rings. The summed E-state index contributed by atoms with van der Waals surface area (Å²) in [5.74, 6) is -5.76. The van der Waals surface area contributed by atoms with Crippen molar-refractivity contribution in [1.29, 1.82) is 0 Å². The molecule has 7 nitrogen and oxygen atoms in total. The Balaban J connectivity index is 2.17. The third kappa shape index (κ3) is 2.94. The van der Waals surface area contributed by atoms with Gasteiger partial charge in [0.05, 0.1) is 6.61 Å². The van der Waals surface area contributed by atoms with Crippen LogP contribution in [0.5, 0.6) is 0 Å². The Hall–Kier alpha value is -1.47. The molecule has 1 unspecified atom stereocenters. The average Bonchev–Trinajstić information content (AvgIpc) is 2.48. The van der Waals surface area contributed by atoms with Crippen molar-refractivity contribution in [3.05, 3.63) is 0 Å². The second-order valence-electron chi connectivity index (χ2n) is 5.77. The molecule has 0 bridgehead atoms. The van der Waals surface area contributed by atoms with Crippen molar-refractivity contribution in [1.82, 2.24) is 4.90 Å². The summed E-state index contributed by atoms with van der Waals surface area (Å²) in [6.45, 7) is 2.07. The van der Waals surface area contributed by atoms with Gasteiger partial charge in [0.15, 0.2) is 0 Å². The van der Waals surface area contributed by atoms with Gasteiger partial charge >= 0.3 is 5.97 Å². The predicted octanol–water partition coefficient (Wildman–Crippen LogP) is 0.156. The lowest BCUT2D eigenvalue weighted by Gasteiger charge is -2.38. The highest BCUT2D eigenvalue weighted by Crippen LogP contribution is 2.31. The van der Waals surface area contributed by atoms with Gasteiger partial charge in [-0.25, -0.2) is 4.79 Å². The minimum atomic E-state index is -2.13. The Labute approximate surface area is 122 Å². The molecule has 2 saturated heterocycles. The van der Waals surface area contributed by atoms with Gasteiger partial charge in [0.2, 0.25) is 5.79 Å². The van der Waals surface area contributed by atoms with Gasteiger partial charge in [0.25, 0.3) is 11.7 Å². The lowest BCUT2D eigenvalue weighted by Crippen LogP contribution is -2.59. The highest BCUT2D eigenvalue weighted by Gasteiger charge is 2.50. The fourth-order valence-corrected chi connectivity index (χ4v) is 2.96. The molecule has 7 heteroatoms. The number of hydrogen-bond acceptors (Lipinski definition) is 5. The van der Waals surface area contributed by atoms with Gasteiger partial charge < -0.3 is 19.8 Å². The summed E-state index contributed by atoms with van der Waals surface area (Å²) in [5.41, 5.74) is 0. The van der Waals surface area contributed by atoms with Crippen molar-refractivity contribution in [2.24, 2.45) is 5.92 Å². The minimum absolute atomic E-state index is 0.211. The van der Waals surface area contributed by atoms with Gasteiger partial charge in [-0.3, -0.25) is 9.59 Å². The summed E-state index contributed by atoms with van der Waals surface area (Å²) in [5, 5.41) is 19.5. The molecule has 0 aliphatic carbocycles. The van der Waals surface area contributed by atoms with Crippen LogP contribution in [0.3, 0.4) is 0 Å². The van der Waals surface area contributed by atoms with Gasteiger partial charge in [0.1, 0.15) is 6.04 Å². The second kappa shape index (κ2) is 6.11. The number of ether oxygens (including phenoxy) is 1. The third-order valence-corrected chi connectivity index (χ3v) is 4.34. The molecule has 0 saturated carbocycles. The molecule has 0 aromatic heterocycles. The Morgan fingerprint density at radius 1 is 1.19 bits per heavy atom. The first-order valence-corrected chi connectivity index (χ1v) is 7.32. The van der Waals surface area contributed by atoms with Gasteiger partial charge in [-0.15, -0.1) is 0 Å². The standard InChI is InChI=1S/C14H21NO6/c1-9-5-4-8-21-14(9,20)11(16)12(17)15-7-3-2-6-10(15)13(18)19/h9-10,20H,2-8H2,1H3,(H,18,19)/t9?,10-,14+/m0/s1. The van der Waals surface area contributed by atoms with Crippen molar-refractivity contribution in [3.63, 3.8) is 0 Å². The zero-order valence-electron chi connectivity index (χ0n) is 12.1. The van der Waals surface area contributed by atoms with Gasteiger partial charge in [-0.05, 0) is 32.1 Å². The molecule has 0 aromatic carbocycles. The Bertz CT molecular complexity index is 451. The normalized spacial score (nSPS) is 33.5. The van der Waals surface area contributed by atoms with E-state index in [1.54, 1.807) is 6.92 Å². The first kappa shape index (κ1) is 15.9. The second-order valence-corrected chi connectivity index (χ2v) is 5.77. The van der Waals surface area contributed by atoms with E-state index in [0.29, 0.717) is 32.1 Å². The summed E-state index contributed by atoms with van der Waals surface area (Å²) in [4.78, 5) is 36.9. The van der Waals surface area contributed by atoms with E-state index in [-0.39, 0.29) is 13.2 Å².